The van der Waals surface area contributed by atoms with E-state index in [0.717, 1.165) is 5.56 Å². The molecule has 0 unspecified atom stereocenters. The Morgan fingerprint density at radius 2 is 1.70 bits per heavy atom. The van der Waals surface area contributed by atoms with E-state index in [0.29, 0.717) is 34.5 Å². The molecule has 1 saturated heterocycles. The summed E-state index contributed by atoms with van der Waals surface area (Å²) < 4.78 is 10.8. The van der Waals surface area contributed by atoms with Gasteiger partial charge in [0, 0.05) is 5.69 Å². The normalized spacial score (nSPS) is 14.1. The first kappa shape index (κ1) is 22.2. The van der Waals surface area contributed by atoms with Crippen molar-refractivity contribution in [2.24, 2.45) is 0 Å². The Kier molecular flexibility index (Phi) is 6.78. The van der Waals surface area contributed by atoms with E-state index in [9.17, 15) is 9.59 Å². The largest absolute Gasteiger partial charge is 0.458 e. The fourth-order valence-electron chi connectivity index (χ4n) is 2.92. The maximum absolute atomic E-state index is 12.4. The Labute approximate surface area is 186 Å². The zero-order valence-corrected chi connectivity index (χ0v) is 18.6. The number of nitrogens with zero attached hydrogens (tertiary/aromatic N) is 1. The molecule has 0 bridgehead atoms. The summed E-state index contributed by atoms with van der Waals surface area (Å²) in [6.07, 6.45) is -0.655. The van der Waals surface area contributed by atoms with Gasteiger partial charge in [-0.1, -0.05) is 47.5 Å². The van der Waals surface area contributed by atoms with Crippen molar-refractivity contribution >= 4 is 46.6 Å². The fourth-order valence-corrected chi connectivity index (χ4v) is 3.41. The number of carbonyl (C=O) groups is 2. The number of amides is 1. The number of benzene rings is 2. The Balaban J connectivity index is 1.56. The molecule has 0 saturated carbocycles. The van der Waals surface area contributed by atoms with Gasteiger partial charge >= 0.3 is 12.1 Å². The number of para-hydroxylation sites is 2. The van der Waals surface area contributed by atoms with Crippen LogP contribution in [0.15, 0.2) is 42.5 Å². The van der Waals surface area contributed by atoms with Gasteiger partial charge in [0.05, 0.1) is 35.2 Å². The van der Waals surface area contributed by atoms with E-state index in [2.05, 4.69) is 5.32 Å². The van der Waals surface area contributed by atoms with E-state index in [1.807, 2.05) is 45.0 Å². The van der Waals surface area contributed by atoms with Crippen LogP contribution >= 0.6 is 23.2 Å². The molecule has 0 radical (unpaired) electrons. The highest BCUT2D eigenvalue weighted by Gasteiger charge is 2.36. The molecule has 1 aliphatic rings. The lowest BCUT2D eigenvalue weighted by Crippen LogP contribution is -2.56. The van der Waals surface area contributed by atoms with Crippen molar-refractivity contribution in [3.63, 3.8) is 0 Å². The van der Waals surface area contributed by atoms with Gasteiger partial charge in [-0.25, -0.2) is 4.79 Å². The standard InChI is InChI=1S/C22H24Cl2N2O4/c1-22(2,3)30-21(28)26-12-15(13-26)29-19(27)11-14-7-4-5-10-18(14)25-20-16(23)8-6-9-17(20)24/h4-10,15,25H,11-13H2,1-3H3. The van der Waals surface area contributed by atoms with E-state index in [4.69, 9.17) is 32.7 Å². The number of hydrogen-bond acceptors (Lipinski definition) is 5. The topological polar surface area (TPSA) is 67.9 Å². The molecule has 0 atom stereocenters. The summed E-state index contributed by atoms with van der Waals surface area (Å²) in [4.78, 5) is 25.9. The summed E-state index contributed by atoms with van der Waals surface area (Å²) in [6.45, 7) is 6.09. The lowest BCUT2D eigenvalue weighted by Gasteiger charge is -2.38. The smallest absolute Gasteiger partial charge is 0.410 e. The van der Waals surface area contributed by atoms with Crippen molar-refractivity contribution in [2.45, 2.75) is 38.9 Å². The van der Waals surface area contributed by atoms with Crippen molar-refractivity contribution in [1.29, 1.82) is 0 Å². The second-order valence-corrected chi connectivity index (χ2v) is 8.87. The predicted octanol–water partition coefficient (Wildman–Crippen LogP) is 5.44. The molecule has 1 N–H and O–H groups in total. The highest BCUT2D eigenvalue weighted by atomic mass is 35.5. The van der Waals surface area contributed by atoms with E-state index in [1.165, 1.54) is 4.90 Å². The molecule has 6 nitrogen and oxygen atoms in total. The van der Waals surface area contributed by atoms with Crippen LogP contribution in [-0.4, -0.2) is 41.8 Å². The quantitative estimate of drug-likeness (QED) is 0.613. The molecule has 2 aromatic rings. The second-order valence-electron chi connectivity index (χ2n) is 8.05. The molecule has 1 fully saturated rings. The molecule has 160 valence electrons. The average molecular weight is 451 g/mol. The van der Waals surface area contributed by atoms with Crippen molar-refractivity contribution in [1.82, 2.24) is 4.90 Å². The minimum atomic E-state index is -0.555. The lowest BCUT2D eigenvalue weighted by molar-refractivity contribution is -0.156. The van der Waals surface area contributed by atoms with Crippen LogP contribution in [0, 0.1) is 0 Å². The Morgan fingerprint density at radius 3 is 2.33 bits per heavy atom. The van der Waals surface area contributed by atoms with Crippen LogP contribution in [0.2, 0.25) is 10.0 Å². The molecular weight excluding hydrogens is 427 g/mol. The first-order valence-corrected chi connectivity index (χ1v) is 10.3. The molecular formula is C22H24Cl2N2O4. The van der Waals surface area contributed by atoms with Gasteiger partial charge in [0.2, 0.25) is 0 Å². The molecule has 1 amide bonds. The number of likely N-dealkylation sites (tertiary alicyclic amines) is 1. The number of ether oxygens (including phenoxy) is 2. The van der Waals surface area contributed by atoms with Gasteiger partial charge in [0.25, 0.3) is 0 Å². The zero-order chi connectivity index (χ0) is 21.9. The first-order valence-electron chi connectivity index (χ1n) is 9.59. The molecule has 30 heavy (non-hydrogen) atoms. The van der Waals surface area contributed by atoms with Gasteiger partial charge in [0.1, 0.15) is 11.7 Å². The minimum Gasteiger partial charge on any atom is -0.458 e. The summed E-state index contributed by atoms with van der Waals surface area (Å²) >= 11 is 12.5. The third-order valence-electron chi connectivity index (χ3n) is 4.37. The van der Waals surface area contributed by atoms with Crippen molar-refractivity contribution in [2.75, 3.05) is 18.4 Å². The third kappa shape index (κ3) is 5.80. The van der Waals surface area contributed by atoms with Crippen LogP contribution in [-0.2, 0) is 20.7 Å². The van der Waals surface area contributed by atoms with Crippen molar-refractivity contribution in [3.05, 3.63) is 58.1 Å². The average Bonchev–Trinajstić information content (AvgIpc) is 2.60. The number of hydrogen-bond donors (Lipinski definition) is 1. The molecule has 0 spiro atoms. The molecule has 1 heterocycles. The number of carbonyl (C=O) groups excluding carboxylic acids is 2. The molecule has 0 aromatic heterocycles. The van der Waals surface area contributed by atoms with E-state index in [-0.39, 0.29) is 18.5 Å². The summed E-state index contributed by atoms with van der Waals surface area (Å²) in [5.74, 6) is -0.372. The predicted molar refractivity (Wildman–Crippen MR) is 118 cm³/mol. The molecule has 2 aromatic carbocycles. The summed E-state index contributed by atoms with van der Waals surface area (Å²) in [6, 6.07) is 12.6. The van der Waals surface area contributed by atoms with Crippen LogP contribution in [0.4, 0.5) is 16.2 Å². The number of halogens is 2. The highest BCUT2D eigenvalue weighted by molar-refractivity contribution is 6.39. The SMILES string of the molecule is CC(C)(C)OC(=O)N1CC(OC(=O)Cc2ccccc2Nc2c(Cl)cccc2Cl)C1. The van der Waals surface area contributed by atoms with Gasteiger partial charge in [-0.15, -0.1) is 0 Å². The molecule has 0 aliphatic carbocycles. The van der Waals surface area contributed by atoms with Crippen LogP contribution in [0.3, 0.4) is 0 Å². The Hall–Kier alpha value is -2.44. The third-order valence-corrected chi connectivity index (χ3v) is 5.00. The monoisotopic (exact) mass is 450 g/mol. The number of nitrogens with one attached hydrogen (secondary N) is 1. The molecule has 8 heteroatoms. The van der Waals surface area contributed by atoms with Crippen LogP contribution in [0.5, 0.6) is 0 Å². The molecule has 1 aliphatic heterocycles. The second kappa shape index (κ2) is 9.14. The number of anilines is 2. The lowest BCUT2D eigenvalue weighted by atomic mass is 10.1. The summed E-state index contributed by atoms with van der Waals surface area (Å²) in [7, 11) is 0. The molecule has 3 rings (SSSR count). The van der Waals surface area contributed by atoms with E-state index in [1.54, 1.807) is 18.2 Å². The van der Waals surface area contributed by atoms with E-state index < -0.39 is 11.7 Å². The highest BCUT2D eigenvalue weighted by Crippen LogP contribution is 2.33. The van der Waals surface area contributed by atoms with Gasteiger partial charge < -0.3 is 19.7 Å². The van der Waals surface area contributed by atoms with Gasteiger partial charge in [-0.2, -0.15) is 0 Å². The minimum absolute atomic E-state index is 0.0776. The maximum atomic E-state index is 12.4. The van der Waals surface area contributed by atoms with Crippen LogP contribution in [0.1, 0.15) is 26.3 Å². The van der Waals surface area contributed by atoms with Crippen LogP contribution in [0.25, 0.3) is 0 Å². The summed E-state index contributed by atoms with van der Waals surface area (Å²) in [5, 5.41) is 4.16. The fraction of sp³-hybridized carbons (Fsp3) is 0.364. The maximum Gasteiger partial charge on any atom is 0.410 e. The van der Waals surface area contributed by atoms with Crippen LogP contribution < -0.4 is 5.32 Å². The van der Waals surface area contributed by atoms with Gasteiger partial charge in [-0.3, -0.25) is 4.79 Å². The summed E-state index contributed by atoms with van der Waals surface area (Å²) in [5.41, 5.74) is 1.49. The zero-order valence-electron chi connectivity index (χ0n) is 17.1. The van der Waals surface area contributed by atoms with Crippen molar-refractivity contribution in [3.8, 4) is 0 Å². The van der Waals surface area contributed by atoms with Crippen molar-refractivity contribution < 1.29 is 19.1 Å². The Morgan fingerprint density at radius 1 is 1.07 bits per heavy atom. The van der Waals surface area contributed by atoms with Gasteiger partial charge in [-0.05, 0) is 44.5 Å². The number of esters is 1. The Bertz CT molecular complexity index is 917. The number of rotatable bonds is 5. The van der Waals surface area contributed by atoms with E-state index >= 15 is 0 Å². The van der Waals surface area contributed by atoms with Gasteiger partial charge in [0.15, 0.2) is 0 Å². The first-order chi connectivity index (χ1) is 14.1.